The van der Waals surface area contributed by atoms with Gasteiger partial charge in [-0.15, -0.1) is 11.3 Å². The van der Waals surface area contributed by atoms with E-state index in [1.54, 1.807) is 12.1 Å². The van der Waals surface area contributed by atoms with Crippen LogP contribution in [0.4, 0.5) is 18.9 Å². The molecule has 0 amide bonds. The number of hydrogen-bond donors (Lipinski definition) is 1. The van der Waals surface area contributed by atoms with Gasteiger partial charge < -0.3 is 5.73 Å². The van der Waals surface area contributed by atoms with Gasteiger partial charge in [0.2, 0.25) is 0 Å². The number of aromatic nitrogens is 1. The van der Waals surface area contributed by atoms with Crippen molar-refractivity contribution in [2.45, 2.75) is 6.18 Å². The Morgan fingerprint density at radius 1 is 0.864 bits per heavy atom. The summed E-state index contributed by atoms with van der Waals surface area (Å²) in [5.41, 5.74) is 8.01. The van der Waals surface area contributed by atoms with Crippen LogP contribution in [0.15, 0.2) is 53.9 Å². The molecule has 0 bridgehead atoms. The maximum atomic E-state index is 12.6. The Bertz CT molecular complexity index is 774. The summed E-state index contributed by atoms with van der Waals surface area (Å²) in [6.45, 7) is 0. The van der Waals surface area contributed by atoms with Crippen LogP contribution in [-0.4, -0.2) is 4.98 Å². The summed E-state index contributed by atoms with van der Waals surface area (Å²) < 4.78 is 37.7. The fraction of sp³-hybridized carbons (Fsp3) is 0.0625. The Morgan fingerprint density at radius 3 is 2.05 bits per heavy atom. The molecule has 22 heavy (non-hydrogen) atoms. The Morgan fingerprint density at radius 2 is 1.45 bits per heavy atom. The van der Waals surface area contributed by atoms with E-state index in [1.165, 1.54) is 23.5 Å². The van der Waals surface area contributed by atoms with E-state index in [1.807, 2.05) is 17.5 Å². The number of hydrogen-bond acceptors (Lipinski definition) is 3. The van der Waals surface area contributed by atoms with Gasteiger partial charge in [-0.1, -0.05) is 24.3 Å². The number of benzene rings is 2. The van der Waals surface area contributed by atoms with Gasteiger partial charge in [0.05, 0.1) is 11.3 Å². The van der Waals surface area contributed by atoms with Crippen LogP contribution < -0.4 is 5.73 Å². The summed E-state index contributed by atoms with van der Waals surface area (Å²) in [7, 11) is 0. The van der Waals surface area contributed by atoms with Gasteiger partial charge in [-0.05, 0) is 24.3 Å². The second-order valence-corrected chi connectivity index (χ2v) is 5.59. The molecule has 0 radical (unpaired) electrons. The van der Waals surface area contributed by atoms with Crippen LogP contribution in [0.25, 0.3) is 21.8 Å². The van der Waals surface area contributed by atoms with Crippen molar-refractivity contribution < 1.29 is 13.2 Å². The molecule has 0 aliphatic carbocycles. The number of alkyl halides is 3. The van der Waals surface area contributed by atoms with Crippen LogP contribution in [0.1, 0.15) is 5.56 Å². The molecule has 0 fully saturated rings. The van der Waals surface area contributed by atoms with Gasteiger partial charge >= 0.3 is 6.18 Å². The molecule has 1 aromatic heterocycles. The maximum absolute atomic E-state index is 12.6. The van der Waals surface area contributed by atoms with Crippen molar-refractivity contribution in [3.8, 4) is 21.8 Å². The molecule has 0 aliphatic rings. The monoisotopic (exact) mass is 320 g/mol. The summed E-state index contributed by atoms with van der Waals surface area (Å²) in [6, 6.07) is 12.3. The molecule has 0 saturated carbocycles. The first-order chi connectivity index (χ1) is 10.4. The van der Waals surface area contributed by atoms with E-state index in [9.17, 15) is 13.2 Å². The number of nitrogens with zero attached hydrogens (tertiary/aromatic N) is 1. The lowest BCUT2D eigenvalue weighted by Gasteiger charge is -2.06. The first kappa shape index (κ1) is 14.6. The molecule has 112 valence electrons. The Kier molecular flexibility index (Phi) is 3.62. The van der Waals surface area contributed by atoms with Gasteiger partial charge in [0, 0.05) is 22.2 Å². The Labute approximate surface area is 129 Å². The zero-order chi connectivity index (χ0) is 15.7. The molecule has 1 heterocycles. The highest BCUT2D eigenvalue weighted by molar-refractivity contribution is 7.13. The molecule has 2 N–H and O–H groups in total. The van der Waals surface area contributed by atoms with Crippen LogP contribution in [0.3, 0.4) is 0 Å². The second-order valence-electron chi connectivity index (χ2n) is 4.74. The molecular formula is C16H11F3N2S. The number of nitrogens with two attached hydrogens (primary N) is 1. The number of rotatable bonds is 2. The molecule has 0 spiro atoms. The minimum atomic E-state index is -4.32. The number of anilines is 1. The number of nitrogen functional groups attached to an aromatic ring is 1. The van der Waals surface area contributed by atoms with E-state index in [-0.39, 0.29) is 0 Å². The van der Waals surface area contributed by atoms with Crippen LogP contribution in [-0.2, 0) is 6.18 Å². The minimum absolute atomic E-state index is 0.661. The average molecular weight is 320 g/mol. The van der Waals surface area contributed by atoms with Crippen molar-refractivity contribution in [1.29, 1.82) is 0 Å². The van der Waals surface area contributed by atoms with Crippen LogP contribution in [0, 0.1) is 0 Å². The molecule has 2 aromatic carbocycles. The van der Waals surface area contributed by atoms with Gasteiger partial charge in [-0.3, -0.25) is 0 Å². The third kappa shape index (κ3) is 2.96. The van der Waals surface area contributed by atoms with E-state index < -0.39 is 11.7 Å². The zero-order valence-electron chi connectivity index (χ0n) is 11.3. The molecule has 0 aliphatic heterocycles. The van der Waals surface area contributed by atoms with Crippen LogP contribution in [0.5, 0.6) is 0 Å². The van der Waals surface area contributed by atoms with Crippen molar-refractivity contribution >= 4 is 17.0 Å². The van der Waals surface area contributed by atoms with Gasteiger partial charge in [-0.2, -0.15) is 13.2 Å². The fourth-order valence-electron chi connectivity index (χ4n) is 1.99. The highest BCUT2D eigenvalue weighted by atomic mass is 32.1. The molecular weight excluding hydrogens is 309 g/mol. The van der Waals surface area contributed by atoms with Crippen molar-refractivity contribution in [2.75, 3.05) is 5.73 Å². The molecule has 0 unspecified atom stereocenters. The van der Waals surface area contributed by atoms with E-state index in [0.29, 0.717) is 16.3 Å². The molecule has 2 nitrogen and oxygen atoms in total. The van der Waals surface area contributed by atoms with Gasteiger partial charge in [-0.25, -0.2) is 4.98 Å². The van der Waals surface area contributed by atoms with Crippen molar-refractivity contribution in [2.24, 2.45) is 0 Å². The molecule has 3 rings (SSSR count). The summed E-state index contributed by atoms with van der Waals surface area (Å²) in [5, 5.41) is 2.55. The summed E-state index contributed by atoms with van der Waals surface area (Å²) in [4.78, 5) is 4.47. The maximum Gasteiger partial charge on any atom is 0.416 e. The molecule has 0 saturated heterocycles. The lowest BCUT2D eigenvalue weighted by molar-refractivity contribution is -0.137. The highest BCUT2D eigenvalue weighted by Gasteiger charge is 2.30. The highest BCUT2D eigenvalue weighted by Crippen LogP contribution is 2.33. The predicted molar refractivity (Wildman–Crippen MR) is 82.4 cm³/mol. The standard InChI is InChI=1S/C16H11F3N2S/c17-16(18,19)12-5-1-11(2-6-12)15-21-14(9-22-15)10-3-7-13(20)8-4-10/h1-9H,20H2. The van der Waals surface area contributed by atoms with Crippen molar-refractivity contribution in [1.82, 2.24) is 4.98 Å². The third-order valence-corrected chi connectivity index (χ3v) is 4.06. The van der Waals surface area contributed by atoms with E-state index in [4.69, 9.17) is 5.73 Å². The SMILES string of the molecule is Nc1ccc(-c2csc(-c3ccc(C(F)(F)F)cc3)n2)cc1. The van der Waals surface area contributed by atoms with Gasteiger partial charge in [0.15, 0.2) is 0 Å². The topological polar surface area (TPSA) is 38.9 Å². The van der Waals surface area contributed by atoms with Crippen molar-refractivity contribution in [3.05, 3.63) is 59.5 Å². The van der Waals surface area contributed by atoms with Crippen LogP contribution >= 0.6 is 11.3 Å². The second kappa shape index (κ2) is 5.46. The summed E-state index contributed by atoms with van der Waals surface area (Å²) in [6.07, 6.45) is -4.32. The van der Waals surface area contributed by atoms with Crippen molar-refractivity contribution in [3.63, 3.8) is 0 Å². The largest absolute Gasteiger partial charge is 0.416 e. The van der Waals surface area contributed by atoms with Gasteiger partial charge in [0.1, 0.15) is 5.01 Å². The van der Waals surface area contributed by atoms with Gasteiger partial charge in [0.25, 0.3) is 0 Å². The summed E-state index contributed by atoms with van der Waals surface area (Å²) >= 11 is 1.39. The van der Waals surface area contributed by atoms with Crippen LogP contribution in [0.2, 0.25) is 0 Å². The zero-order valence-corrected chi connectivity index (χ0v) is 12.1. The lowest BCUT2D eigenvalue weighted by atomic mass is 10.1. The summed E-state index contributed by atoms with van der Waals surface area (Å²) in [5.74, 6) is 0. The Hall–Kier alpha value is -2.34. The predicted octanol–water partition coefficient (Wildman–Crippen LogP) is 5.08. The quantitative estimate of drug-likeness (QED) is 0.669. The fourth-order valence-corrected chi connectivity index (χ4v) is 2.83. The van der Waals surface area contributed by atoms with E-state index in [2.05, 4.69) is 4.98 Å². The van der Waals surface area contributed by atoms with E-state index in [0.717, 1.165) is 23.4 Å². The first-order valence-electron chi connectivity index (χ1n) is 6.42. The minimum Gasteiger partial charge on any atom is -0.399 e. The smallest absolute Gasteiger partial charge is 0.399 e. The first-order valence-corrected chi connectivity index (χ1v) is 7.30. The Balaban J connectivity index is 1.89. The molecule has 6 heteroatoms. The third-order valence-electron chi connectivity index (χ3n) is 3.17. The number of thiazole rings is 1. The molecule has 3 aromatic rings. The number of halogens is 3. The lowest BCUT2D eigenvalue weighted by Crippen LogP contribution is -2.03. The average Bonchev–Trinajstić information content (AvgIpc) is 2.97. The van der Waals surface area contributed by atoms with E-state index >= 15 is 0 Å². The normalized spacial score (nSPS) is 11.6. The molecule has 0 atom stereocenters.